The number of imide groups is 1. The van der Waals surface area contributed by atoms with Crippen LogP contribution in [-0.4, -0.2) is 52.9 Å². The van der Waals surface area contributed by atoms with Crippen LogP contribution < -0.4 is 10.1 Å². The van der Waals surface area contributed by atoms with Gasteiger partial charge in [0.1, 0.15) is 11.3 Å². The zero-order valence-electron chi connectivity index (χ0n) is 17.0. The van der Waals surface area contributed by atoms with E-state index in [1.54, 1.807) is 4.90 Å². The molecular formula is C23H25N3O4. The first-order valence-corrected chi connectivity index (χ1v) is 10.1. The normalized spacial score (nSPS) is 17.9. The molecule has 0 atom stereocenters. The van der Waals surface area contributed by atoms with E-state index in [9.17, 15) is 14.4 Å². The lowest BCUT2D eigenvalue weighted by Crippen LogP contribution is -2.56. The largest absolute Gasteiger partial charge is 0.484 e. The van der Waals surface area contributed by atoms with Crippen LogP contribution in [0.4, 0.5) is 4.79 Å². The smallest absolute Gasteiger partial charge is 0.325 e. The van der Waals surface area contributed by atoms with E-state index in [1.165, 1.54) is 4.90 Å². The number of likely N-dealkylation sites (tertiary alicyclic amines) is 1. The summed E-state index contributed by atoms with van der Waals surface area (Å²) in [5.41, 5.74) is 0.958. The predicted molar refractivity (Wildman–Crippen MR) is 111 cm³/mol. The van der Waals surface area contributed by atoms with Gasteiger partial charge in [0.25, 0.3) is 11.8 Å². The van der Waals surface area contributed by atoms with Gasteiger partial charge >= 0.3 is 6.03 Å². The number of carbonyl (C=O) groups excluding carboxylic acids is 3. The number of nitrogens with zero attached hydrogens (tertiary/aromatic N) is 2. The molecule has 2 aliphatic heterocycles. The summed E-state index contributed by atoms with van der Waals surface area (Å²) in [5.74, 6) is 0.361. The molecule has 0 bridgehead atoms. The Balaban J connectivity index is 1.34. The van der Waals surface area contributed by atoms with Crippen LogP contribution in [0, 0.1) is 6.92 Å². The predicted octanol–water partition coefficient (Wildman–Crippen LogP) is 2.49. The van der Waals surface area contributed by atoms with Crippen molar-refractivity contribution in [3.8, 4) is 5.75 Å². The number of urea groups is 1. The molecule has 2 aliphatic rings. The fourth-order valence-corrected chi connectivity index (χ4v) is 4.01. The van der Waals surface area contributed by atoms with Gasteiger partial charge in [-0.2, -0.15) is 0 Å². The van der Waals surface area contributed by atoms with Crippen molar-refractivity contribution in [1.29, 1.82) is 0 Å². The van der Waals surface area contributed by atoms with Crippen molar-refractivity contribution in [3.05, 3.63) is 65.7 Å². The molecule has 2 aromatic carbocycles. The molecule has 2 fully saturated rings. The summed E-state index contributed by atoms with van der Waals surface area (Å²) < 4.78 is 5.65. The van der Waals surface area contributed by atoms with Crippen LogP contribution >= 0.6 is 0 Å². The molecule has 0 radical (unpaired) electrons. The Morgan fingerprint density at radius 3 is 2.40 bits per heavy atom. The van der Waals surface area contributed by atoms with Gasteiger partial charge in [0, 0.05) is 13.1 Å². The van der Waals surface area contributed by atoms with Crippen molar-refractivity contribution in [2.24, 2.45) is 0 Å². The van der Waals surface area contributed by atoms with Gasteiger partial charge < -0.3 is 15.0 Å². The van der Waals surface area contributed by atoms with Crippen LogP contribution in [0.5, 0.6) is 5.75 Å². The summed E-state index contributed by atoms with van der Waals surface area (Å²) in [6.07, 6.45) is 0.804. The molecule has 4 amide bonds. The average molecular weight is 407 g/mol. The molecule has 4 rings (SSSR count). The van der Waals surface area contributed by atoms with Gasteiger partial charge in [-0.15, -0.1) is 0 Å². The second-order valence-electron chi connectivity index (χ2n) is 7.82. The number of benzene rings is 2. The lowest BCUT2D eigenvalue weighted by atomic mass is 9.87. The number of nitrogens with one attached hydrogen (secondary N) is 1. The van der Waals surface area contributed by atoms with Crippen molar-refractivity contribution in [2.45, 2.75) is 31.8 Å². The zero-order valence-corrected chi connectivity index (χ0v) is 17.0. The standard InChI is InChI=1S/C23H25N3O4/c1-17-7-5-6-10-19(17)30-16-20(27)25-13-11-23(12-14-25)21(28)26(22(29)24-23)15-18-8-3-2-4-9-18/h2-10H,11-16H2,1H3,(H,24,29). The van der Waals surface area contributed by atoms with Gasteiger partial charge in [-0.1, -0.05) is 48.5 Å². The van der Waals surface area contributed by atoms with Gasteiger partial charge in [-0.25, -0.2) is 4.79 Å². The number of ether oxygens (including phenoxy) is 1. The van der Waals surface area contributed by atoms with Crippen molar-refractivity contribution >= 4 is 17.8 Å². The fourth-order valence-electron chi connectivity index (χ4n) is 4.01. The summed E-state index contributed by atoms with van der Waals surface area (Å²) in [4.78, 5) is 41.0. The summed E-state index contributed by atoms with van der Waals surface area (Å²) >= 11 is 0. The molecule has 1 N–H and O–H groups in total. The van der Waals surface area contributed by atoms with Crippen LogP contribution in [0.3, 0.4) is 0 Å². The number of hydrogen-bond acceptors (Lipinski definition) is 4. The van der Waals surface area contributed by atoms with Crippen molar-refractivity contribution in [3.63, 3.8) is 0 Å². The number of hydrogen-bond donors (Lipinski definition) is 1. The molecule has 2 saturated heterocycles. The van der Waals surface area contributed by atoms with Crippen LogP contribution in [0.25, 0.3) is 0 Å². The lowest BCUT2D eigenvalue weighted by molar-refractivity contribution is -0.139. The Morgan fingerprint density at radius 1 is 1.03 bits per heavy atom. The monoisotopic (exact) mass is 407 g/mol. The number of amides is 4. The highest BCUT2D eigenvalue weighted by Gasteiger charge is 2.52. The highest BCUT2D eigenvalue weighted by atomic mass is 16.5. The SMILES string of the molecule is Cc1ccccc1OCC(=O)N1CCC2(CC1)NC(=O)N(Cc1ccccc1)C2=O. The second-order valence-corrected chi connectivity index (χ2v) is 7.82. The minimum absolute atomic E-state index is 0.0434. The maximum Gasteiger partial charge on any atom is 0.325 e. The van der Waals surface area contributed by atoms with Crippen LogP contribution in [0.2, 0.25) is 0 Å². The van der Waals surface area contributed by atoms with E-state index in [2.05, 4.69) is 5.32 Å². The third-order valence-electron chi connectivity index (χ3n) is 5.84. The van der Waals surface area contributed by atoms with Crippen LogP contribution in [-0.2, 0) is 16.1 Å². The van der Waals surface area contributed by atoms with Crippen LogP contribution in [0.15, 0.2) is 54.6 Å². The van der Waals surface area contributed by atoms with Crippen molar-refractivity contribution < 1.29 is 19.1 Å². The first-order chi connectivity index (χ1) is 14.5. The molecule has 30 heavy (non-hydrogen) atoms. The number of carbonyl (C=O) groups is 3. The van der Waals surface area contributed by atoms with E-state index in [0.29, 0.717) is 31.7 Å². The quantitative estimate of drug-likeness (QED) is 0.773. The molecular weight excluding hydrogens is 382 g/mol. The number of para-hydroxylation sites is 1. The molecule has 2 aromatic rings. The number of piperidine rings is 1. The maximum absolute atomic E-state index is 13.0. The Kier molecular flexibility index (Phi) is 5.44. The van der Waals surface area contributed by atoms with Gasteiger partial charge in [0.2, 0.25) is 0 Å². The van der Waals surface area contributed by atoms with E-state index in [4.69, 9.17) is 4.74 Å². The molecule has 7 heteroatoms. The molecule has 2 heterocycles. The van der Waals surface area contributed by atoms with E-state index < -0.39 is 5.54 Å². The van der Waals surface area contributed by atoms with Gasteiger partial charge in [0.05, 0.1) is 6.54 Å². The minimum atomic E-state index is -0.917. The Hall–Kier alpha value is -3.35. The summed E-state index contributed by atoms with van der Waals surface area (Å²) in [5, 5.41) is 2.88. The highest BCUT2D eigenvalue weighted by molar-refractivity contribution is 6.07. The minimum Gasteiger partial charge on any atom is -0.484 e. The third-order valence-corrected chi connectivity index (χ3v) is 5.84. The summed E-state index contributed by atoms with van der Waals surface area (Å²) in [7, 11) is 0. The van der Waals surface area contributed by atoms with Crippen molar-refractivity contribution in [2.75, 3.05) is 19.7 Å². The average Bonchev–Trinajstić information content (AvgIpc) is 2.98. The van der Waals surface area contributed by atoms with E-state index in [-0.39, 0.29) is 31.0 Å². The number of aryl methyl sites for hydroxylation is 1. The Morgan fingerprint density at radius 2 is 1.70 bits per heavy atom. The summed E-state index contributed by atoms with van der Waals surface area (Å²) in [6, 6.07) is 16.6. The molecule has 1 spiro atoms. The topological polar surface area (TPSA) is 79.0 Å². The van der Waals surface area contributed by atoms with Gasteiger partial charge in [0.15, 0.2) is 6.61 Å². The van der Waals surface area contributed by atoms with E-state index in [1.807, 2.05) is 61.5 Å². The van der Waals surface area contributed by atoms with Crippen LogP contribution in [0.1, 0.15) is 24.0 Å². The highest BCUT2D eigenvalue weighted by Crippen LogP contribution is 2.30. The second kappa shape index (κ2) is 8.18. The lowest BCUT2D eigenvalue weighted by Gasteiger charge is -2.37. The zero-order chi connectivity index (χ0) is 21.1. The van der Waals surface area contributed by atoms with Gasteiger partial charge in [-0.05, 0) is 37.0 Å². The molecule has 156 valence electrons. The van der Waals surface area contributed by atoms with Crippen molar-refractivity contribution in [1.82, 2.24) is 15.1 Å². The molecule has 0 unspecified atom stereocenters. The first-order valence-electron chi connectivity index (χ1n) is 10.1. The van der Waals surface area contributed by atoms with E-state index in [0.717, 1.165) is 11.1 Å². The Bertz CT molecular complexity index is 952. The molecule has 0 aromatic heterocycles. The van der Waals surface area contributed by atoms with E-state index >= 15 is 0 Å². The molecule has 0 saturated carbocycles. The Labute approximate surface area is 175 Å². The van der Waals surface area contributed by atoms with Gasteiger partial charge in [-0.3, -0.25) is 14.5 Å². The fraction of sp³-hybridized carbons (Fsp3) is 0.348. The summed E-state index contributed by atoms with van der Waals surface area (Å²) in [6.45, 7) is 2.95. The molecule has 7 nitrogen and oxygen atoms in total. The maximum atomic E-state index is 13.0. The third kappa shape index (κ3) is 3.87. The molecule has 0 aliphatic carbocycles. The number of rotatable bonds is 5. The first kappa shape index (κ1) is 19.9.